The number of rotatable bonds is 3. The molecule has 118 valence electrons. The first kappa shape index (κ1) is 16.1. The van der Waals surface area contributed by atoms with Gasteiger partial charge in [0.15, 0.2) is 0 Å². The summed E-state index contributed by atoms with van der Waals surface area (Å²) in [4.78, 5) is 2.02. The van der Waals surface area contributed by atoms with Crippen molar-refractivity contribution in [3.05, 3.63) is 0 Å². The lowest BCUT2D eigenvalue weighted by atomic mass is 9.75. The van der Waals surface area contributed by atoms with Crippen molar-refractivity contribution < 1.29 is 19.7 Å². The molecule has 3 atom stereocenters. The van der Waals surface area contributed by atoms with Crippen molar-refractivity contribution in [2.75, 3.05) is 19.6 Å². The summed E-state index contributed by atoms with van der Waals surface area (Å²) >= 11 is 0. The lowest BCUT2D eigenvalue weighted by Crippen LogP contribution is -2.56. The summed E-state index contributed by atoms with van der Waals surface area (Å²) in [6, 6.07) is 0. The first-order valence-corrected chi connectivity index (χ1v) is 7.73. The van der Waals surface area contributed by atoms with Gasteiger partial charge in [-0.2, -0.15) is 0 Å². The van der Waals surface area contributed by atoms with E-state index >= 15 is 0 Å². The van der Waals surface area contributed by atoms with Gasteiger partial charge in [-0.25, -0.2) is 4.39 Å². The Bertz CT molecular complexity index is 301. The van der Waals surface area contributed by atoms with Crippen molar-refractivity contribution in [1.29, 1.82) is 0 Å². The Labute approximate surface area is 120 Å². The molecule has 2 fully saturated rings. The third kappa shape index (κ3) is 3.91. The summed E-state index contributed by atoms with van der Waals surface area (Å²) in [5, 5.41) is 28.9. The van der Waals surface area contributed by atoms with Gasteiger partial charge in [-0.05, 0) is 51.4 Å². The van der Waals surface area contributed by atoms with Gasteiger partial charge < -0.3 is 15.3 Å². The van der Waals surface area contributed by atoms with Crippen molar-refractivity contribution in [2.45, 2.75) is 63.5 Å². The fraction of sp³-hybridized carbons (Fsp3) is 1.00. The van der Waals surface area contributed by atoms with Crippen molar-refractivity contribution in [3.63, 3.8) is 0 Å². The maximum atomic E-state index is 13.9. The number of hydrogen-bond acceptors (Lipinski definition) is 4. The molecule has 3 N–H and O–H groups in total. The maximum Gasteiger partial charge on any atom is 0.108 e. The summed E-state index contributed by atoms with van der Waals surface area (Å²) in [6.07, 6.45) is 1.05. The normalized spacial score (nSPS) is 40.8. The van der Waals surface area contributed by atoms with Crippen LogP contribution in [0.5, 0.6) is 0 Å². The fourth-order valence-corrected chi connectivity index (χ4v) is 3.62. The molecule has 0 radical (unpaired) electrons. The molecule has 20 heavy (non-hydrogen) atoms. The summed E-state index contributed by atoms with van der Waals surface area (Å²) in [5.74, 6) is 0.654. The highest BCUT2D eigenvalue weighted by Gasteiger charge is 2.36. The number of hydrogen-bond donors (Lipinski definition) is 3. The summed E-state index contributed by atoms with van der Waals surface area (Å²) in [6.45, 7) is 4.97. The van der Waals surface area contributed by atoms with Gasteiger partial charge in [-0.3, -0.25) is 4.90 Å². The van der Waals surface area contributed by atoms with Gasteiger partial charge in [0.25, 0.3) is 0 Å². The quantitative estimate of drug-likeness (QED) is 0.723. The zero-order valence-electron chi connectivity index (χ0n) is 12.5. The van der Waals surface area contributed by atoms with Gasteiger partial charge in [-0.15, -0.1) is 0 Å². The average molecular weight is 289 g/mol. The van der Waals surface area contributed by atoms with Crippen LogP contribution in [-0.4, -0.2) is 63.8 Å². The molecule has 2 aliphatic rings. The summed E-state index contributed by atoms with van der Waals surface area (Å²) in [5.41, 5.74) is -1.09. The molecule has 0 aromatic rings. The Balaban J connectivity index is 1.78. The van der Waals surface area contributed by atoms with Gasteiger partial charge in [0, 0.05) is 19.6 Å². The predicted molar refractivity (Wildman–Crippen MR) is 75.1 cm³/mol. The van der Waals surface area contributed by atoms with Crippen molar-refractivity contribution >= 4 is 0 Å². The highest BCUT2D eigenvalue weighted by atomic mass is 19.1. The highest BCUT2D eigenvalue weighted by Crippen LogP contribution is 2.37. The molecule has 1 saturated carbocycles. The molecule has 0 aromatic heterocycles. The minimum atomic E-state index is -1.09. The Morgan fingerprint density at radius 2 is 1.50 bits per heavy atom. The van der Waals surface area contributed by atoms with Crippen molar-refractivity contribution in [1.82, 2.24) is 4.90 Å². The van der Waals surface area contributed by atoms with Crippen LogP contribution in [0.25, 0.3) is 0 Å². The molecular formula is C15H28FNO3. The van der Waals surface area contributed by atoms with Crippen LogP contribution in [0.3, 0.4) is 0 Å². The zero-order valence-corrected chi connectivity index (χ0v) is 12.5. The molecule has 1 heterocycles. The molecule has 2 rings (SSSR count). The van der Waals surface area contributed by atoms with E-state index in [1.54, 1.807) is 13.8 Å². The van der Waals surface area contributed by atoms with E-state index in [1.807, 2.05) is 4.90 Å². The van der Waals surface area contributed by atoms with Crippen LogP contribution in [0.4, 0.5) is 4.39 Å². The molecule has 0 unspecified atom stereocenters. The molecule has 0 aromatic carbocycles. The van der Waals surface area contributed by atoms with E-state index in [2.05, 4.69) is 0 Å². The standard InChI is InChI=1S/C15H28FNO3/c1-15(2,16)11-5-3-10(4-6-11)7-17-8-12(18)14(20)13(19)9-17/h10-14,18-20H,3-9H2,1-2H3/t10-,11+,12-,13+,14+. The number of nitrogens with zero attached hydrogens (tertiary/aromatic N) is 1. The van der Waals surface area contributed by atoms with E-state index in [-0.39, 0.29) is 5.92 Å². The molecule has 1 aliphatic heterocycles. The number of β-amino-alcohol motifs (C(OH)–C–C–N with tert-alkyl or cyclic N) is 2. The van der Waals surface area contributed by atoms with Crippen LogP contribution in [0.1, 0.15) is 39.5 Å². The van der Waals surface area contributed by atoms with E-state index in [9.17, 15) is 19.7 Å². The number of aliphatic hydroxyl groups excluding tert-OH is 3. The van der Waals surface area contributed by atoms with Gasteiger partial charge in [0.1, 0.15) is 11.8 Å². The average Bonchev–Trinajstić information content (AvgIpc) is 2.35. The topological polar surface area (TPSA) is 63.9 Å². The van der Waals surface area contributed by atoms with Crippen LogP contribution < -0.4 is 0 Å². The molecule has 5 heteroatoms. The van der Waals surface area contributed by atoms with Crippen molar-refractivity contribution in [2.24, 2.45) is 11.8 Å². The molecule has 1 aliphatic carbocycles. The van der Waals surface area contributed by atoms with E-state index in [0.717, 1.165) is 32.2 Å². The number of likely N-dealkylation sites (tertiary alicyclic amines) is 1. The third-order valence-corrected chi connectivity index (χ3v) is 5.01. The SMILES string of the molecule is CC(C)(F)[C@H]1CC[C@@H](CN2C[C@@H](O)[C@H](O)[C@@H](O)C2)CC1. The van der Waals surface area contributed by atoms with E-state index in [4.69, 9.17) is 0 Å². The number of halogens is 1. The van der Waals surface area contributed by atoms with Crippen LogP contribution in [0.2, 0.25) is 0 Å². The lowest BCUT2D eigenvalue weighted by Gasteiger charge is -2.40. The number of aliphatic hydroxyl groups is 3. The molecule has 0 spiro atoms. The Morgan fingerprint density at radius 3 is 1.95 bits per heavy atom. The van der Waals surface area contributed by atoms with Crippen molar-refractivity contribution in [3.8, 4) is 0 Å². The lowest BCUT2D eigenvalue weighted by molar-refractivity contribution is -0.112. The second kappa shape index (κ2) is 6.26. The number of piperidine rings is 1. The summed E-state index contributed by atoms with van der Waals surface area (Å²) in [7, 11) is 0. The first-order valence-electron chi connectivity index (χ1n) is 7.73. The largest absolute Gasteiger partial charge is 0.389 e. The predicted octanol–water partition coefficient (Wildman–Crippen LogP) is 0.939. The van der Waals surface area contributed by atoms with Gasteiger partial charge >= 0.3 is 0 Å². The Morgan fingerprint density at radius 1 is 1.00 bits per heavy atom. The molecule has 4 nitrogen and oxygen atoms in total. The Hall–Kier alpha value is -0.230. The zero-order chi connectivity index (χ0) is 14.9. The van der Waals surface area contributed by atoms with E-state index in [1.165, 1.54) is 0 Å². The molecule has 0 bridgehead atoms. The highest BCUT2D eigenvalue weighted by molar-refractivity contribution is 4.89. The maximum absolute atomic E-state index is 13.9. The second-order valence-electron chi connectivity index (χ2n) is 7.13. The number of alkyl halides is 1. The third-order valence-electron chi connectivity index (χ3n) is 5.01. The van der Waals surface area contributed by atoms with Crippen LogP contribution >= 0.6 is 0 Å². The van der Waals surface area contributed by atoms with Gasteiger partial charge in [0.05, 0.1) is 12.2 Å². The first-order chi connectivity index (χ1) is 9.27. The van der Waals surface area contributed by atoms with Gasteiger partial charge in [-0.1, -0.05) is 0 Å². The second-order valence-corrected chi connectivity index (χ2v) is 7.13. The van der Waals surface area contributed by atoms with Crippen LogP contribution in [0, 0.1) is 11.8 Å². The Kier molecular flexibility index (Phi) is 5.05. The van der Waals surface area contributed by atoms with E-state index < -0.39 is 24.0 Å². The van der Waals surface area contributed by atoms with Gasteiger partial charge in [0.2, 0.25) is 0 Å². The van der Waals surface area contributed by atoms with E-state index in [0.29, 0.717) is 19.0 Å². The smallest absolute Gasteiger partial charge is 0.108 e. The van der Waals surface area contributed by atoms with Crippen LogP contribution in [0.15, 0.2) is 0 Å². The summed E-state index contributed by atoms with van der Waals surface area (Å²) < 4.78 is 13.9. The monoisotopic (exact) mass is 289 g/mol. The molecular weight excluding hydrogens is 261 g/mol. The minimum Gasteiger partial charge on any atom is -0.389 e. The molecule has 0 amide bonds. The minimum absolute atomic E-state index is 0.151. The molecule has 1 saturated heterocycles. The fourth-order valence-electron chi connectivity index (χ4n) is 3.62. The van der Waals surface area contributed by atoms with Crippen LogP contribution in [-0.2, 0) is 0 Å².